The van der Waals surface area contributed by atoms with E-state index >= 15 is 0 Å². The van der Waals surface area contributed by atoms with Gasteiger partial charge in [0, 0.05) is 7.05 Å². The average molecular weight is 263 g/mol. The third kappa shape index (κ3) is 2.95. The minimum atomic E-state index is 0.281. The maximum atomic E-state index is 5.44. The number of anilines is 1. The van der Waals surface area contributed by atoms with Gasteiger partial charge in [0.1, 0.15) is 11.6 Å². The van der Waals surface area contributed by atoms with E-state index in [0.717, 1.165) is 6.42 Å². The van der Waals surface area contributed by atoms with Crippen molar-refractivity contribution < 1.29 is 4.74 Å². The number of aromatic nitrogens is 6. The van der Waals surface area contributed by atoms with E-state index in [1.807, 2.05) is 20.8 Å². The molecule has 0 saturated heterocycles. The van der Waals surface area contributed by atoms with E-state index in [0.29, 0.717) is 30.2 Å². The number of nitrogens with one attached hydrogen (secondary N) is 1. The Morgan fingerprint density at radius 2 is 1.95 bits per heavy atom. The summed E-state index contributed by atoms with van der Waals surface area (Å²) in [4.78, 5) is 16.9. The minimum absolute atomic E-state index is 0.281. The average Bonchev–Trinajstić information content (AvgIpc) is 2.75. The molecule has 102 valence electrons. The van der Waals surface area contributed by atoms with Crippen molar-refractivity contribution in [3.63, 3.8) is 0 Å². The second-order valence-electron chi connectivity index (χ2n) is 3.96. The van der Waals surface area contributed by atoms with Crippen LogP contribution in [-0.2, 0) is 0 Å². The molecule has 2 rings (SSSR count). The summed E-state index contributed by atoms with van der Waals surface area (Å²) in [7, 11) is 1.74. The molecule has 0 aromatic carbocycles. The lowest BCUT2D eigenvalue weighted by Gasteiger charge is -2.07. The van der Waals surface area contributed by atoms with Gasteiger partial charge >= 0.3 is 6.01 Å². The molecule has 1 N–H and O–H groups in total. The Labute approximate surface area is 111 Å². The molecule has 19 heavy (non-hydrogen) atoms. The second kappa shape index (κ2) is 5.59. The van der Waals surface area contributed by atoms with Crippen molar-refractivity contribution in [2.75, 3.05) is 19.0 Å². The maximum absolute atomic E-state index is 5.44. The van der Waals surface area contributed by atoms with Crippen LogP contribution in [0, 0.1) is 13.8 Å². The van der Waals surface area contributed by atoms with E-state index in [-0.39, 0.29) is 6.01 Å². The summed E-state index contributed by atoms with van der Waals surface area (Å²) in [6.45, 7) is 6.24. The van der Waals surface area contributed by atoms with E-state index in [2.05, 4.69) is 30.4 Å². The third-order valence-corrected chi connectivity index (χ3v) is 2.33. The zero-order chi connectivity index (χ0) is 13.8. The van der Waals surface area contributed by atoms with Gasteiger partial charge in [0.25, 0.3) is 5.95 Å². The Morgan fingerprint density at radius 1 is 1.16 bits per heavy atom. The van der Waals surface area contributed by atoms with E-state index in [1.54, 1.807) is 11.7 Å². The molecule has 0 aliphatic rings. The first kappa shape index (κ1) is 13.2. The molecule has 0 radical (unpaired) electrons. The summed E-state index contributed by atoms with van der Waals surface area (Å²) in [5.74, 6) is 2.21. The third-order valence-electron chi connectivity index (χ3n) is 2.33. The lowest BCUT2D eigenvalue weighted by Crippen LogP contribution is -2.11. The molecule has 2 aromatic heterocycles. The normalized spacial score (nSPS) is 10.5. The molecule has 0 aliphatic heterocycles. The number of hydrogen-bond acceptors (Lipinski definition) is 7. The first-order valence-corrected chi connectivity index (χ1v) is 6.11. The molecule has 8 nitrogen and oxygen atoms in total. The predicted molar refractivity (Wildman–Crippen MR) is 69.6 cm³/mol. The van der Waals surface area contributed by atoms with Gasteiger partial charge in [-0.3, -0.25) is 0 Å². The van der Waals surface area contributed by atoms with Gasteiger partial charge in [0.2, 0.25) is 5.95 Å². The summed E-state index contributed by atoms with van der Waals surface area (Å²) >= 11 is 0. The minimum Gasteiger partial charge on any atom is -0.463 e. The van der Waals surface area contributed by atoms with Gasteiger partial charge in [-0.2, -0.15) is 19.6 Å². The van der Waals surface area contributed by atoms with Crippen LogP contribution in [0.15, 0.2) is 0 Å². The molecule has 0 atom stereocenters. The van der Waals surface area contributed by atoms with Crippen molar-refractivity contribution in [3.05, 3.63) is 11.6 Å². The quantitative estimate of drug-likeness (QED) is 0.856. The fraction of sp³-hybridized carbons (Fsp3) is 0.545. The SMILES string of the molecule is CCCOc1nc(NC)nc(-n2nc(C)nc2C)n1. The van der Waals surface area contributed by atoms with Crippen LogP contribution in [-0.4, -0.2) is 43.4 Å². The molecule has 0 fully saturated rings. The summed E-state index contributed by atoms with van der Waals surface area (Å²) in [5, 5.41) is 7.12. The molecular weight excluding hydrogens is 246 g/mol. The molecule has 0 saturated carbocycles. The molecule has 0 spiro atoms. The Hall–Kier alpha value is -2.25. The molecule has 8 heteroatoms. The van der Waals surface area contributed by atoms with E-state index in [1.165, 1.54) is 0 Å². The second-order valence-corrected chi connectivity index (χ2v) is 3.96. The zero-order valence-corrected chi connectivity index (χ0v) is 11.5. The van der Waals surface area contributed by atoms with Crippen LogP contribution in [0.2, 0.25) is 0 Å². The van der Waals surface area contributed by atoms with Gasteiger partial charge in [-0.1, -0.05) is 6.92 Å². The summed E-state index contributed by atoms with van der Waals surface area (Å²) in [5.41, 5.74) is 0. The van der Waals surface area contributed by atoms with Gasteiger partial charge in [-0.05, 0) is 20.3 Å². The van der Waals surface area contributed by atoms with Crippen molar-refractivity contribution in [3.8, 4) is 12.0 Å². The highest BCUT2D eigenvalue weighted by molar-refractivity contribution is 5.29. The van der Waals surface area contributed by atoms with Gasteiger partial charge in [-0.25, -0.2) is 4.98 Å². The Bertz CT molecular complexity index is 566. The smallest absolute Gasteiger partial charge is 0.323 e. The molecule has 0 unspecified atom stereocenters. The Kier molecular flexibility index (Phi) is 3.88. The van der Waals surface area contributed by atoms with E-state index in [4.69, 9.17) is 4.74 Å². The monoisotopic (exact) mass is 263 g/mol. The number of ether oxygens (including phenoxy) is 1. The van der Waals surface area contributed by atoms with Crippen molar-refractivity contribution in [1.29, 1.82) is 0 Å². The van der Waals surface area contributed by atoms with Crippen LogP contribution < -0.4 is 10.1 Å². The first-order valence-electron chi connectivity index (χ1n) is 6.11. The first-order chi connectivity index (χ1) is 9.13. The number of hydrogen-bond donors (Lipinski definition) is 1. The highest BCUT2D eigenvalue weighted by atomic mass is 16.5. The molecular formula is C11H17N7O. The van der Waals surface area contributed by atoms with E-state index < -0.39 is 0 Å². The Balaban J connectivity index is 2.41. The van der Waals surface area contributed by atoms with Crippen molar-refractivity contribution in [2.45, 2.75) is 27.2 Å². The fourth-order valence-electron chi connectivity index (χ4n) is 1.52. The summed E-state index contributed by atoms with van der Waals surface area (Å²) < 4.78 is 7.01. The zero-order valence-electron chi connectivity index (χ0n) is 11.5. The van der Waals surface area contributed by atoms with Crippen molar-refractivity contribution in [1.82, 2.24) is 29.7 Å². The van der Waals surface area contributed by atoms with Gasteiger partial charge in [-0.15, -0.1) is 5.10 Å². The summed E-state index contributed by atoms with van der Waals surface area (Å²) in [6, 6.07) is 0.281. The highest BCUT2D eigenvalue weighted by Gasteiger charge is 2.12. The fourth-order valence-corrected chi connectivity index (χ4v) is 1.52. The maximum Gasteiger partial charge on any atom is 0.323 e. The van der Waals surface area contributed by atoms with Crippen LogP contribution in [0.4, 0.5) is 5.95 Å². The lowest BCUT2D eigenvalue weighted by atomic mass is 10.5. The lowest BCUT2D eigenvalue weighted by molar-refractivity contribution is 0.291. The van der Waals surface area contributed by atoms with Crippen LogP contribution >= 0.6 is 0 Å². The number of aryl methyl sites for hydroxylation is 2. The number of nitrogens with zero attached hydrogens (tertiary/aromatic N) is 6. The van der Waals surface area contributed by atoms with Gasteiger partial charge in [0.05, 0.1) is 6.61 Å². The molecule has 0 bridgehead atoms. The van der Waals surface area contributed by atoms with Crippen LogP contribution in [0.1, 0.15) is 25.0 Å². The van der Waals surface area contributed by atoms with Gasteiger partial charge < -0.3 is 10.1 Å². The van der Waals surface area contributed by atoms with E-state index in [9.17, 15) is 0 Å². The standard InChI is InChI=1S/C11H17N7O/c1-5-6-19-11-15-9(12-4)14-10(16-11)18-8(3)13-7(2)17-18/h5-6H2,1-4H3,(H,12,14,15,16). The van der Waals surface area contributed by atoms with Crippen molar-refractivity contribution in [2.24, 2.45) is 0 Å². The van der Waals surface area contributed by atoms with Crippen LogP contribution in [0.25, 0.3) is 5.95 Å². The topological polar surface area (TPSA) is 90.6 Å². The summed E-state index contributed by atoms with van der Waals surface area (Å²) in [6.07, 6.45) is 0.886. The van der Waals surface area contributed by atoms with Crippen LogP contribution in [0.5, 0.6) is 6.01 Å². The van der Waals surface area contributed by atoms with Crippen molar-refractivity contribution >= 4 is 5.95 Å². The molecule has 0 aliphatic carbocycles. The molecule has 2 aromatic rings. The largest absolute Gasteiger partial charge is 0.463 e. The van der Waals surface area contributed by atoms with Crippen LogP contribution in [0.3, 0.4) is 0 Å². The number of rotatable bonds is 5. The highest BCUT2D eigenvalue weighted by Crippen LogP contribution is 2.12. The Morgan fingerprint density at radius 3 is 2.53 bits per heavy atom. The van der Waals surface area contributed by atoms with Gasteiger partial charge in [0.15, 0.2) is 0 Å². The predicted octanol–water partition coefficient (Wildman–Crippen LogP) is 0.900. The molecule has 0 amide bonds. The molecule has 2 heterocycles.